The fourth-order valence-electron chi connectivity index (χ4n) is 2.91. The second-order valence-corrected chi connectivity index (χ2v) is 5.65. The predicted molar refractivity (Wildman–Crippen MR) is 80.4 cm³/mol. The Morgan fingerprint density at radius 3 is 2.57 bits per heavy atom. The number of nitrogens with zero attached hydrogens (tertiary/aromatic N) is 1. The van der Waals surface area contributed by atoms with Gasteiger partial charge in [0.05, 0.1) is 12.5 Å². The number of esters is 1. The fraction of sp³-hybridized carbons (Fsp3) is 0.562. The summed E-state index contributed by atoms with van der Waals surface area (Å²) in [6.07, 6.45) is 4.39. The molecular formula is C16H24N2O2W. The van der Waals surface area contributed by atoms with E-state index in [1.807, 2.05) is 12.1 Å². The Morgan fingerprint density at radius 1 is 1.43 bits per heavy atom. The molecule has 1 aliphatic rings. The molecule has 1 N–H and O–H groups in total. The number of carbonyl (C=O) groups excluding carboxylic acids is 1. The summed E-state index contributed by atoms with van der Waals surface area (Å²) in [5, 5.41) is 0. The first-order chi connectivity index (χ1) is 9.05. The summed E-state index contributed by atoms with van der Waals surface area (Å²) >= 11 is 0. The van der Waals surface area contributed by atoms with E-state index in [-0.39, 0.29) is 40.3 Å². The van der Waals surface area contributed by atoms with Gasteiger partial charge >= 0.3 is 27.0 Å². The predicted octanol–water partition coefficient (Wildman–Crippen LogP) is 4.13. The minimum Gasteiger partial charge on any atom is -0.482 e. The van der Waals surface area contributed by atoms with Crippen LogP contribution >= 0.6 is 0 Å². The van der Waals surface area contributed by atoms with Crippen LogP contribution in [0.1, 0.15) is 38.3 Å². The number of methoxy groups -OCH3 is 1. The van der Waals surface area contributed by atoms with Crippen molar-refractivity contribution in [2.24, 2.45) is 11.3 Å². The fourth-order valence-corrected chi connectivity index (χ4v) is 2.91. The summed E-state index contributed by atoms with van der Waals surface area (Å²) in [5.74, 6) is 0.798. The van der Waals surface area contributed by atoms with Crippen LogP contribution in [0.25, 0.3) is 5.73 Å². The smallest absolute Gasteiger partial charge is 0.482 e. The number of hydrogen-bond donors (Lipinski definition) is 0. The Kier molecular flexibility index (Phi) is 8.16. The standard InChI is InChI=1S/C15H21N2O2.CH3.W/c1-11-6-8-15(9-7-11,14(18)19-2)10-12-4-3-5-13(16)17-12;;/h3-5,11H,6-10H2,1-2H3,(H-,16,17);1H3;/q2*-1;+2. The monoisotopic (exact) mass is 460 g/mol. The van der Waals surface area contributed by atoms with E-state index in [0.29, 0.717) is 12.3 Å². The van der Waals surface area contributed by atoms with E-state index >= 15 is 0 Å². The molecule has 1 heterocycles. The van der Waals surface area contributed by atoms with Gasteiger partial charge in [-0.1, -0.05) is 36.6 Å². The van der Waals surface area contributed by atoms with Crippen LogP contribution in [0.15, 0.2) is 18.2 Å². The molecule has 1 aromatic heterocycles. The molecule has 1 fully saturated rings. The molecule has 5 heteroatoms. The van der Waals surface area contributed by atoms with Crippen molar-refractivity contribution in [2.45, 2.75) is 39.0 Å². The second-order valence-electron chi connectivity index (χ2n) is 5.65. The Bertz CT molecular complexity index is 457. The Hall–Kier alpha value is -0.892. The molecule has 0 bridgehead atoms. The number of nitrogens with one attached hydrogen (secondary N) is 1. The van der Waals surface area contributed by atoms with Gasteiger partial charge in [0.25, 0.3) is 0 Å². The zero-order chi connectivity index (χ0) is 13.9. The van der Waals surface area contributed by atoms with Crippen LogP contribution in [-0.2, 0) is 37.0 Å². The molecule has 1 aliphatic carbocycles. The molecule has 0 saturated heterocycles. The van der Waals surface area contributed by atoms with Gasteiger partial charge in [0.1, 0.15) is 0 Å². The molecule has 116 valence electrons. The SMILES string of the molecule is COC(=O)C1(Cc2cccc([NH-])n2)CCC(C)CC1.[CH3-].[W+2]. The van der Waals surface area contributed by atoms with E-state index in [9.17, 15) is 4.79 Å². The molecule has 2 rings (SSSR count). The summed E-state index contributed by atoms with van der Waals surface area (Å²) in [7, 11) is 1.45. The van der Waals surface area contributed by atoms with E-state index in [2.05, 4.69) is 11.9 Å². The molecule has 0 aliphatic heterocycles. The van der Waals surface area contributed by atoms with Crippen LogP contribution in [0.2, 0.25) is 0 Å². The van der Waals surface area contributed by atoms with Crippen LogP contribution in [0, 0.1) is 18.8 Å². The van der Waals surface area contributed by atoms with Crippen LogP contribution in [0.3, 0.4) is 0 Å². The van der Waals surface area contributed by atoms with Crippen molar-refractivity contribution in [3.63, 3.8) is 0 Å². The molecule has 0 spiro atoms. The number of rotatable bonds is 3. The quantitative estimate of drug-likeness (QED) is 0.504. The van der Waals surface area contributed by atoms with Crippen LogP contribution < -0.4 is 0 Å². The molecular weight excluding hydrogens is 436 g/mol. The first-order valence-electron chi connectivity index (χ1n) is 6.82. The molecule has 0 atom stereocenters. The van der Waals surface area contributed by atoms with Crippen LogP contribution in [0.4, 0.5) is 5.82 Å². The number of aromatic nitrogens is 1. The van der Waals surface area contributed by atoms with Crippen molar-refractivity contribution < 1.29 is 30.6 Å². The maximum atomic E-state index is 12.2. The normalized spacial score (nSPS) is 24.4. The first kappa shape index (κ1) is 20.1. The molecule has 0 unspecified atom stereocenters. The molecule has 1 aromatic rings. The van der Waals surface area contributed by atoms with E-state index < -0.39 is 5.41 Å². The third-order valence-corrected chi connectivity index (χ3v) is 4.18. The third-order valence-electron chi connectivity index (χ3n) is 4.18. The zero-order valence-corrected chi connectivity index (χ0v) is 16.0. The summed E-state index contributed by atoms with van der Waals surface area (Å²) in [6.45, 7) is 2.23. The minimum absolute atomic E-state index is 0. The Balaban J connectivity index is 0.00000200. The van der Waals surface area contributed by atoms with Crippen molar-refractivity contribution in [1.82, 2.24) is 4.98 Å². The Labute approximate surface area is 142 Å². The maximum absolute atomic E-state index is 12.2. The molecule has 0 radical (unpaired) electrons. The molecule has 0 aromatic carbocycles. The summed E-state index contributed by atoms with van der Waals surface area (Å²) in [4.78, 5) is 16.4. The van der Waals surface area contributed by atoms with Gasteiger partial charge < -0.3 is 22.9 Å². The van der Waals surface area contributed by atoms with Crippen molar-refractivity contribution in [3.8, 4) is 0 Å². The average molecular weight is 460 g/mol. The largest absolute Gasteiger partial charge is 2.00 e. The molecule has 1 saturated carbocycles. The van der Waals surface area contributed by atoms with Gasteiger partial charge in [0.15, 0.2) is 0 Å². The molecule has 0 amide bonds. The van der Waals surface area contributed by atoms with Crippen molar-refractivity contribution in [2.75, 3.05) is 7.11 Å². The average Bonchev–Trinajstić information content (AvgIpc) is 2.41. The van der Waals surface area contributed by atoms with Gasteiger partial charge in [0, 0.05) is 0 Å². The topological polar surface area (TPSA) is 63.0 Å². The van der Waals surface area contributed by atoms with Gasteiger partial charge in [-0.3, -0.25) is 4.79 Å². The Morgan fingerprint density at radius 2 is 2.05 bits per heavy atom. The number of carbonyl (C=O) groups is 1. The van der Waals surface area contributed by atoms with Gasteiger partial charge in [-0.2, -0.15) is 0 Å². The van der Waals surface area contributed by atoms with Crippen molar-refractivity contribution in [1.29, 1.82) is 0 Å². The number of pyridine rings is 1. The van der Waals surface area contributed by atoms with Gasteiger partial charge in [-0.15, -0.1) is 0 Å². The van der Waals surface area contributed by atoms with Gasteiger partial charge in [0.2, 0.25) is 0 Å². The maximum Gasteiger partial charge on any atom is 2.00 e. The van der Waals surface area contributed by atoms with Gasteiger partial charge in [-0.05, 0) is 38.0 Å². The summed E-state index contributed by atoms with van der Waals surface area (Å²) in [5.41, 5.74) is 7.94. The van der Waals surface area contributed by atoms with E-state index in [4.69, 9.17) is 10.5 Å². The van der Waals surface area contributed by atoms with E-state index in [1.165, 1.54) is 7.11 Å². The second kappa shape index (κ2) is 8.53. The molecule has 4 nitrogen and oxygen atoms in total. The van der Waals surface area contributed by atoms with Gasteiger partial charge in [-0.25, -0.2) is 0 Å². The van der Waals surface area contributed by atoms with E-state index in [0.717, 1.165) is 31.4 Å². The summed E-state index contributed by atoms with van der Waals surface area (Å²) in [6, 6.07) is 5.36. The minimum atomic E-state index is -0.442. The third kappa shape index (κ3) is 4.81. The molecule has 21 heavy (non-hydrogen) atoms. The van der Waals surface area contributed by atoms with E-state index in [1.54, 1.807) is 6.07 Å². The van der Waals surface area contributed by atoms with Crippen LogP contribution in [-0.4, -0.2) is 18.1 Å². The van der Waals surface area contributed by atoms with Crippen LogP contribution in [0.5, 0.6) is 0 Å². The zero-order valence-electron chi connectivity index (χ0n) is 13.0. The summed E-state index contributed by atoms with van der Waals surface area (Å²) < 4.78 is 5.02. The van der Waals surface area contributed by atoms with Crippen molar-refractivity contribution in [3.05, 3.63) is 37.1 Å². The number of ether oxygens (including phenoxy) is 1. The van der Waals surface area contributed by atoms with Crippen molar-refractivity contribution >= 4 is 11.8 Å². The first-order valence-corrected chi connectivity index (χ1v) is 6.82. The number of hydrogen-bond acceptors (Lipinski definition) is 3.